The Morgan fingerprint density at radius 2 is 2.00 bits per heavy atom. The number of hydrogen-bond donors (Lipinski definition) is 1. The third-order valence-corrected chi connectivity index (χ3v) is 3.19. The van der Waals surface area contributed by atoms with Crippen molar-refractivity contribution in [3.8, 4) is 12.3 Å². The Kier molecular flexibility index (Phi) is 5.58. The van der Waals surface area contributed by atoms with Crippen LogP contribution in [0.15, 0.2) is 42.7 Å². The second-order valence-corrected chi connectivity index (χ2v) is 4.65. The van der Waals surface area contributed by atoms with Crippen molar-refractivity contribution in [2.45, 2.75) is 13.8 Å². The van der Waals surface area contributed by atoms with Gasteiger partial charge in [-0.05, 0) is 18.2 Å². The van der Waals surface area contributed by atoms with E-state index in [-0.39, 0.29) is 5.52 Å². The molecule has 0 spiro atoms. The predicted molar refractivity (Wildman–Crippen MR) is 95.2 cm³/mol. The van der Waals surface area contributed by atoms with Gasteiger partial charge in [0.25, 0.3) is 0 Å². The quantitative estimate of drug-likeness (QED) is 0.434. The molecule has 6 nitrogen and oxygen atoms in total. The normalized spacial score (nSPS) is 9.68. The molecule has 0 aliphatic heterocycles. The SMILES string of the molecule is C#Cc1cccc(Nc2ncnc3cc(F)c([N+](=O)[O-])cc23)c1.CC. The van der Waals surface area contributed by atoms with E-state index >= 15 is 0 Å². The molecule has 1 heterocycles. The van der Waals surface area contributed by atoms with Crippen LogP contribution in [0.3, 0.4) is 0 Å². The van der Waals surface area contributed by atoms with Crippen molar-refractivity contribution < 1.29 is 9.31 Å². The number of fused-ring (bicyclic) bond motifs is 1. The highest BCUT2D eigenvalue weighted by Crippen LogP contribution is 2.29. The van der Waals surface area contributed by atoms with Gasteiger partial charge in [0, 0.05) is 23.4 Å². The van der Waals surface area contributed by atoms with Gasteiger partial charge in [0.1, 0.15) is 12.1 Å². The molecule has 0 unspecified atom stereocenters. The van der Waals surface area contributed by atoms with Gasteiger partial charge < -0.3 is 5.32 Å². The smallest absolute Gasteiger partial charge is 0.305 e. The lowest BCUT2D eigenvalue weighted by Crippen LogP contribution is -1.99. The van der Waals surface area contributed by atoms with Gasteiger partial charge in [-0.3, -0.25) is 10.1 Å². The van der Waals surface area contributed by atoms with E-state index in [9.17, 15) is 14.5 Å². The highest BCUT2D eigenvalue weighted by molar-refractivity contribution is 5.92. The van der Waals surface area contributed by atoms with Crippen LogP contribution in [0.5, 0.6) is 0 Å². The molecule has 0 fully saturated rings. The molecule has 1 N–H and O–H groups in total. The van der Waals surface area contributed by atoms with Gasteiger partial charge in [0.05, 0.1) is 15.8 Å². The van der Waals surface area contributed by atoms with Crippen molar-refractivity contribution in [2.24, 2.45) is 0 Å². The molecule has 3 rings (SSSR count). The standard InChI is InChI=1S/C16H9FN4O2.C2H6/c1-2-10-4-3-5-11(6-10)20-16-12-7-15(21(22)23)13(17)8-14(12)18-9-19-16;1-2/h1,3-9H,(H,18,19,20);1-2H3. The first kappa shape index (κ1) is 17.8. The fourth-order valence-corrected chi connectivity index (χ4v) is 2.13. The zero-order valence-electron chi connectivity index (χ0n) is 13.7. The lowest BCUT2D eigenvalue weighted by Gasteiger charge is -2.08. The van der Waals surface area contributed by atoms with Crippen LogP contribution in [-0.4, -0.2) is 14.9 Å². The summed E-state index contributed by atoms with van der Waals surface area (Å²) in [5.41, 5.74) is 0.962. The van der Waals surface area contributed by atoms with Gasteiger partial charge >= 0.3 is 5.69 Å². The summed E-state index contributed by atoms with van der Waals surface area (Å²) in [4.78, 5) is 18.1. The lowest BCUT2D eigenvalue weighted by molar-refractivity contribution is -0.387. The van der Waals surface area contributed by atoms with Crippen molar-refractivity contribution in [1.82, 2.24) is 9.97 Å². The van der Waals surface area contributed by atoms with Gasteiger partial charge in [-0.1, -0.05) is 25.8 Å². The van der Waals surface area contributed by atoms with Crippen molar-refractivity contribution in [3.63, 3.8) is 0 Å². The minimum absolute atomic E-state index is 0.263. The fraction of sp³-hybridized carbons (Fsp3) is 0.111. The molecule has 1 aromatic heterocycles. The Hall–Kier alpha value is -3.53. The Bertz CT molecular complexity index is 967. The highest BCUT2D eigenvalue weighted by atomic mass is 19.1. The van der Waals surface area contributed by atoms with E-state index in [1.54, 1.807) is 24.3 Å². The molecule has 0 radical (unpaired) electrons. The minimum Gasteiger partial charge on any atom is -0.340 e. The Labute approximate surface area is 143 Å². The van der Waals surface area contributed by atoms with Crippen LogP contribution in [0.25, 0.3) is 10.9 Å². The molecule has 3 aromatic rings. The van der Waals surface area contributed by atoms with Gasteiger partial charge in [-0.15, -0.1) is 6.42 Å². The van der Waals surface area contributed by atoms with Crippen LogP contribution < -0.4 is 5.32 Å². The summed E-state index contributed by atoms with van der Waals surface area (Å²) in [5, 5.41) is 14.3. The molecular formula is C18H15FN4O2. The molecule has 0 aliphatic rings. The molecule has 126 valence electrons. The van der Waals surface area contributed by atoms with Crippen molar-refractivity contribution in [1.29, 1.82) is 0 Å². The van der Waals surface area contributed by atoms with E-state index in [4.69, 9.17) is 6.42 Å². The third kappa shape index (κ3) is 3.87. The molecule has 0 aliphatic carbocycles. The number of rotatable bonds is 3. The van der Waals surface area contributed by atoms with Crippen molar-refractivity contribution >= 4 is 28.1 Å². The molecule has 0 saturated carbocycles. The number of nitro benzene ring substituents is 1. The number of nitro groups is 1. The maximum Gasteiger partial charge on any atom is 0.305 e. The Morgan fingerprint density at radius 1 is 1.24 bits per heavy atom. The van der Waals surface area contributed by atoms with Crippen LogP contribution in [0.2, 0.25) is 0 Å². The monoisotopic (exact) mass is 338 g/mol. The summed E-state index contributed by atoms with van der Waals surface area (Å²) < 4.78 is 13.7. The third-order valence-electron chi connectivity index (χ3n) is 3.19. The van der Waals surface area contributed by atoms with E-state index in [1.807, 2.05) is 13.8 Å². The zero-order chi connectivity index (χ0) is 18.4. The van der Waals surface area contributed by atoms with Crippen LogP contribution in [0.1, 0.15) is 19.4 Å². The van der Waals surface area contributed by atoms with Gasteiger partial charge in [0.2, 0.25) is 5.82 Å². The van der Waals surface area contributed by atoms with Crippen LogP contribution >= 0.6 is 0 Å². The lowest BCUT2D eigenvalue weighted by atomic mass is 10.2. The highest BCUT2D eigenvalue weighted by Gasteiger charge is 2.17. The largest absolute Gasteiger partial charge is 0.340 e. The van der Waals surface area contributed by atoms with Crippen LogP contribution in [0, 0.1) is 28.3 Å². The number of nitrogens with one attached hydrogen (secondary N) is 1. The first-order valence-electron chi connectivity index (χ1n) is 7.51. The average molecular weight is 338 g/mol. The van der Waals surface area contributed by atoms with Crippen molar-refractivity contribution in [2.75, 3.05) is 5.32 Å². The average Bonchev–Trinajstić information content (AvgIpc) is 2.63. The topological polar surface area (TPSA) is 81.0 Å². The van der Waals surface area contributed by atoms with Crippen LogP contribution in [0.4, 0.5) is 21.6 Å². The minimum atomic E-state index is -0.943. The van der Waals surface area contributed by atoms with E-state index in [0.29, 0.717) is 22.5 Å². The van der Waals surface area contributed by atoms with E-state index in [1.165, 1.54) is 6.33 Å². The molecule has 0 saturated heterocycles. The maximum absolute atomic E-state index is 13.7. The Balaban J connectivity index is 0.00000109. The second kappa shape index (κ2) is 7.84. The molecular weight excluding hydrogens is 323 g/mol. The summed E-state index contributed by atoms with van der Waals surface area (Å²) in [6.45, 7) is 4.00. The molecule has 7 heteroatoms. The van der Waals surface area contributed by atoms with Gasteiger partial charge in [-0.25, -0.2) is 9.97 Å². The number of terminal acetylenes is 1. The van der Waals surface area contributed by atoms with Crippen molar-refractivity contribution in [3.05, 3.63) is 64.2 Å². The molecule has 0 atom stereocenters. The molecule has 0 amide bonds. The van der Waals surface area contributed by atoms with Gasteiger partial charge in [0.15, 0.2) is 0 Å². The predicted octanol–water partition coefficient (Wildman–Crippen LogP) is 4.43. The Morgan fingerprint density at radius 3 is 2.68 bits per heavy atom. The number of nitrogens with zero attached hydrogens (tertiary/aromatic N) is 3. The number of benzene rings is 2. The van der Waals surface area contributed by atoms with Crippen LogP contribution in [-0.2, 0) is 0 Å². The number of aromatic nitrogens is 2. The van der Waals surface area contributed by atoms with E-state index < -0.39 is 16.4 Å². The van der Waals surface area contributed by atoms with E-state index in [0.717, 1.165) is 12.1 Å². The summed E-state index contributed by atoms with van der Waals surface area (Å²) in [5.74, 6) is 1.89. The number of hydrogen-bond acceptors (Lipinski definition) is 5. The van der Waals surface area contributed by atoms with Gasteiger partial charge in [-0.2, -0.15) is 4.39 Å². The molecule has 0 bridgehead atoms. The number of halogens is 1. The summed E-state index contributed by atoms with van der Waals surface area (Å²) in [6, 6.07) is 9.15. The summed E-state index contributed by atoms with van der Waals surface area (Å²) in [7, 11) is 0. The number of anilines is 2. The fourth-order valence-electron chi connectivity index (χ4n) is 2.13. The first-order chi connectivity index (χ1) is 12.1. The summed E-state index contributed by atoms with van der Waals surface area (Å²) in [6.07, 6.45) is 6.60. The summed E-state index contributed by atoms with van der Waals surface area (Å²) >= 11 is 0. The first-order valence-corrected chi connectivity index (χ1v) is 7.51. The van der Waals surface area contributed by atoms with E-state index in [2.05, 4.69) is 21.2 Å². The molecule has 2 aromatic carbocycles. The maximum atomic E-state index is 13.7. The second-order valence-electron chi connectivity index (χ2n) is 4.65. The molecule has 25 heavy (non-hydrogen) atoms. The zero-order valence-corrected chi connectivity index (χ0v) is 13.7.